The molecular formula is C21H28N6O4. The first-order valence-corrected chi connectivity index (χ1v) is 9.85. The standard InChI is InChI=1S/C21H28N6O4/c1-11(2)16(10-28)25-17-6-12(3)23-21-18(19(22)29)20(26-27(17)21)24-13-7-14(30-4)9-15(8-13)31-5/h6-9,11,16,25,28H,10H2,1-5H3,(H2,22,29)(H,24,26)/t16-/m0/s1. The summed E-state index contributed by atoms with van der Waals surface area (Å²) in [6, 6.07) is 6.82. The predicted molar refractivity (Wildman–Crippen MR) is 118 cm³/mol. The van der Waals surface area contributed by atoms with Crippen LogP contribution in [0.15, 0.2) is 24.3 Å². The summed E-state index contributed by atoms with van der Waals surface area (Å²) in [6.07, 6.45) is 0. The molecule has 0 bridgehead atoms. The molecule has 0 fully saturated rings. The lowest BCUT2D eigenvalue weighted by atomic mass is 10.1. The molecule has 10 heteroatoms. The summed E-state index contributed by atoms with van der Waals surface area (Å²) in [5.41, 5.74) is 7.42. The fourth-order valence-corrected chi connectivity index (χ4v) is 3.19. The van der Waals surface area contributed by atoms with Gasteiger partial charge in [0.15, 0.2) is 11.5 Å². The minimum atomic E-state index is -0.668. The Labute approximate surface area is 180 Å². The number of aliphatic hydroxyl groups excluding tert-OH is 1. The molecule has 0 saturated heterocycles. The second-order valence-electron chi connectivity index (χ2n) is 7.51. The maximum atomic E-state index is 12.3. The molecule has 2 heterocycles. The number of ether oxygens (including phenoxy) is 2. The second kappa shape index (κ2) is 9.09. The van der Waals surface area contributed by atoms with Crippen LogP contribution in [0.2, 0.25) is 0 Å². The quantitative estimate of drug-likeness (QED) is 0.408. The van der Waals surface area contributed by atoms with Crippen LogP contribution in [-0.2, 0) is 0 Å². The molecule has 2 aromatic heterocycles. The van der Waals surface area contributed by atoms with E-state index in [1.54, 1.807) is 38.5 Å². The molecule has 0 spiro atoms. The number of methoxy groups -OCH3 is 2. The number of aryl methyl sites for hydroxylation is 1. The van der Waals surface area contributed by atoms with Crippen molar-refractivity contribution in [3.63, 3.8) is 0 Å². The number of rotatable bonds is 9. The van der Waals surface area contributed by atoms with Crippen LogP contribution >= 0.6 is 0 Å². The van der Waals surface area contributed by atoms with Crippen LogP contribution in [0.1, 0.15) is 29.9 Å². The van der Waals surface area contributed by atoms with E-state index in [1.807, 2.05) is 20.8 Å². The van der Waals surface area contributed by atoms with Gasteiger partial charge in [-0.3, -0.25) is 4.79 Å². The van der Waals surface area contributed by atoms with Gasteiger partial charge in [0.25, 0.3) is 5.91 Å². The van der Waals surface area contributed by atoms with Crippen molar-refractivity contribution in [3.05, 3.63) is 35.5 Å². The number of fused-ring (bicyclic) bond motifs is 1. The largest absolute Gasteiger partial charge is 0.497 e. The Morgan fingerprint density at radius 1 is 1.19 bits per heavy atom. The lowest BCUT2D eigenvalue weighted by Crippen LogP contribution is -2.30. The van der Waals surface area contributed by atoms with Crippen LogP contribution in [0, 0.1) is 12.8 Å². The zero-order valence-corrected chi connectivity index (χ0v) is 18.3. The highest BCUT2D eigenvalue weighted by molar-refractivity contribution is 6.04. The number of amides is 1. The van der Waals surface area contributed by atoms with E-state index in [4.69, 9.17) is 15.2 Å². The highest BCUT2D eigenvalue weighted by Crippen LogP contribution is 2.30. The van der Waals surface area contributed by atoms with Crippen LogP contribution in [0.25, 0.3) is 5.65 Å². The summed E-state index contributed by atoms with van der Waals surface area (Å²) >= 11 is 0. The Bertz CT molecular complexity index is 1070. The number of carbonyl (C=O) groups excluding carboxylic acids is 1. The summed E-state index contributed by atoms with van der Waals surface area (Å²) in [5, 5.41) is 20.7. The van der Waals surface area contributed by atoms with E-state index < -0.39 is 5.91 Å². The first kappa shape index (κ1) is 22.2. The van der Waals surface area contributed by atoms with Gasteiger partial charge < -0.3 is 30.9 Å². The Morgan fingerprint density at radius 3 is 2.35 bits per heavy atom. The van der Waals surface area contributed by atoms with E-state index in [2.05, 4.69) is 20.7 Å². The fraction of sp³-hybridized carbons (Fsp3) is 0.381. The molecule has 5 N–H and O–H groups in total. The average molecular weight is 428 g/mol. The summed E-state index contributed by atoms with van der Waals surface area (Å²) in [7, 11) is 3.10. The number of carbonyl (C=O) groups is 1. The van der Waals surface area contributed by atoms with Crippen LogP contribution in [-0.4, -0.2) is 52.5 Å². The van der Waals surface area contributed by atoms with Gasteiger partial charge in [0.05, 0.1) is 26.9 Å². The molecule has 0 radical (unpaired) electrons. The molecule has 0 unspecified atom stereocenters. The number of nitrogens with zero attached hydrogens (tertiary/aromatic N) is 3. The molecule has 31 heavy (non-hydrogen) atoms. The maximum Gasteiger partial charge on any atom is 0.256 e. The Hall–Kier alpha value is -3.53. The molecule has 10 nitrogen and oxygen atoms in total. The van der Waals surface area contributed by atoms with Crippen molar-refractivity contribution >= 4 is 28.9 Å². The monoisotopic (exact) mass is 428 g/mol. The van der Waals surface area contributed by atoms with Crippen LogP contribution in [0.4, 0.5) is 17.3 Å². The second-order valence-corrected chi connectivity index (χ2v) is 7.51. The third-order valence-electron chi connectivity index (χ3n) is 4.91. The molecule has 3 rings (SSSR count). The predicted octanol–water partition coefficient (Wildman–Crippen LogP) is 2.33. The molecule has 0 aliphatic rings. The zero-order chi connectivity index (χ0) is 22.7. The number of nitrogens with two attached hydrogens (primary N) is 1. The number of aliphatic hydroxyl groups is 1. The number of anilines is 3. The number of benzene rings is 1. The SMILES string of the molecule is COc1cc(Nc2nn3c(N[C@@H](CO)C(C)C)cc(C)nc3c2C(N)=O)cc(OC)c1. The van der Waals surface area contributed by atoms with Crippen molar-refractivity contribution < 1.29 is 19.4 Å². The van der Waals surface area contributed by atoms with Crippen molar-refractivity contribution in [1.29, 1.82) is 0 Å². The molecule has 3 aromatic rings. The van der Waals surface area contributed by atoms with Gasteiger partial charge in [-0.1, -0.05) is 13.8 Å². The zero-order valence-electron chi connectivity index (χ0n) is 18.3. The van der Waals surface area contributed by atoms with Gasteiger partial charge in [0.2, 0.25) is 0 Å². The van der Waals surface area contributed by atoms with Crippen LogP contribution < -0.4 is 25.8 Å². The van der Waals surface area contributed by atoms with E-state index in [0.29, 0.717) is 34.3 Å². The van der Waals surface area contributed by atoms with Crippen molar-refractivity contribution in [1.82, 2.24) is 14.6 Å². The van der Waals surface area contributed by atoms with Gasteiger partial charge in [-0.2, -0.15) is 4.52 Å². The molecule has 1 aromatic carbocycles. The highest BCUT2D eigenvalue weighted by Gasteiger charge is 2.23. The van der Waals surface area contributed by atoms with Gasteiger partial charge in [0, 0.05) is 35.6 Å². The summed E-state index contributed by atoms with van der Waals surface area (Å²) < 4.78 is 12.1. The first-order chi connectivity index (χ1) is 14.8. The Balaban J connectivity index is 2.13. The molecule has 0 aliphatic carbocycles. The third-order valence-corrected chi connectivity index (χ3v) is 4.91. The average Bonchev–Trinajstić information content (AvgIpc) is 3.08. The normalized spacial score (nSPS) is 12.1. The minimum Gasteiger partial charge on any atom is -0.497 e. The maximum absolute atomic E-state index is 12.3. The van der Waals surface area contributed by atoms with Crippen molar-refractivity contribution in [3.8, 4) is 11.5 Å². The third kappa shape index (κ3) is 4.64. The fourth-order valence-electron chi connectivity index (χ4n) is 3.19. The lowest BCUT2D eigenvalue weighted by molar-refractivity contribution is 0.100. The van der Waals surface area contributed by atoms with E-state index in [9.17, 15) is 9.90 Å². The molecule has 1 atom stereocenters. The highest BCUT2D eigenvalue weighted by atomic mass is 16.5. The Morgan fingerprint density at radius 2 is 1.84 bits per heavy atom. The lowest BCUT2D eigenvalue weighted by Gasteiger charge is -2.21. The molecule has 1 amide bonds. The number of nitrogens with one attached hydrogen (secondary N) is 2. The van der Waals surface area contributed by atoms with Gasteiger partial charge in [-0.05, 0) is 12.8 Å². The molecule has 0 saturated carbocycles. The topological polar surface area (TPSA) is 136 Å². The van der Waals surface area contributed by atoms with Crippen LogP contribution in [0.5, 0.6) is 11.5 Å². The molecule has 166 valence electrons. The van der Waals surface area contributed by atoms with E-state index in [1.165, 1.54) is 4.52 Å². The number of primary amides is 1. The van der Waals surface area contributed by atoms with Crippen molar-refractivity contribution in [2.75, 3.05) is 31.5 Å². The Kier molecular flexibility index (Phi) is 6.50. The first-order valence-electron chi connectivity index (χ1n) is 9.85. The van der Waals surface area contributed by atoms with E-state index >= 15 is 0 Å². The number of aromatic nitrogens is 3. The summed E-state index contributed by atoms with van der Waals surface area (Å²) in [6.45, 7) is 5.76. The van der Waals surface area contributed by atoms with Gasteiger partial charge in [-0.25, -0.2) is 4.98 Å². The van der Waals surface area contributed by atoms with Gasteiger partial charge in [0.1, 0.15) is 22.9 Å². The van der Waals surface area contributed by atoms with Crippen LogP contribution in [0.3, 0.4) is 0 Å². The van der Waals surface area contributed by atoms with Gasteiger partial charge in [-0.15, -0.1) is 5.10 Å². The number of hydrogen-bond donors (Lipinski definition) is 4. The smallest absolute Gasteiger partial charge is 0.256 e. The molecular weight excluding hydrogens is 400 g/mol. The van der Waals surface area contributed by atoms with Crippen molar-refractivity contribution in [2.24, 2.45) is 11.7 Å². The number of hydrogen-bond acceptors (Lipinski definition) is 8. The van der Waals surface area contributed by atoms with Gasteiger partial charge >= 0.3 is 0 Å². The van der Waals surface area contributed by atoms with Crippen molar-refractivity contribution in [2.45, 2.75) is 26.8 Å². The summed E-state index contributed by atoms with van der Waals surface area (Å²) in [5.74, 6) is 1.49. The minimum absolute atomic E-state index is 0.0564. The molecule has 0 aliphatic heterocycles. The summed E-state index contributed by atoms with van der Waals surface area (Å²) in [4.78, 5) is 16.8. The van der Waals surface area contributed by atoms with E-state index in [-0.39, 0.29) is 29.9 Å². The van der Waals surface area contributed by atoms with E-state index in [0.717, 1.165) is 0 Å².